The number of aliphatic imine (C=N–C) groups is 1. The lowest BCUT2D eigenvalue weighted by atomic mass is 10.0. The Morgan fingerprint density at radius 2 is 2.09 bits per heavy atom. The number of rotatable bonds is 4. The summed E-state index contributed by atoms with van der Waals surface area (Å²) >= 11 is 6.02. The molecular weight excluding hydrogens is 312 g/mol. The van der Waals surface area contributed by atoms with E-state index in [-0.39, 0.29) is 5.91 Å². The molecule has 23 heavy (non-hydrogen) atoms. The van der Waals surface area contributed by atoms with Crippen molar-refractivity contribution in [1.29, 1.82) is 0 Å². The molecule has 1 aliphatic heterocycles. The molecule has 5 nitrogen and oxygen atoms in total. The third-order valence-electron chi connectivity index (χ3n) is 3.98. The Bertz CT molecular complexity index is 561. The molecule has 1 amide bonds. The SMILES string of the molecule is CN=C(NCCNC(=O)c1ccccc1Cl)N1CCCC(C)C1. The number of hydrogen-bond donors (Lipinski definition) is 2. The summed E-state index contributed by atoms with van der Waals surface area (Å²) < 4.78 is 0. The normalized spacial score (nSPS) is 18.7. The number of likely N-dealkylation sites (tertiary alicyclic amines) is 1. The second-order valence-corrected chi connectivity index (χ2v) is 6.31. The van der Waals surface area contributed by atoms with Crippen LogP contribution in [0.15, 0.2) is 29.3 Å². The van der Waals surface area contributed by atoms with Crippen molar-refractivity contribution in [1.82, 2.24) is 15.5 Å². The number of hydrogen-bond acceptors (Lipinski definition) is 2. The molecule has 1 unspecified atom stereocenters. The van der Waals surface area contributed by atoms with Gasteiger partial charge in [0, 0.05) is 33.2 Å². The van der Waals surface area contributed by atoms with Crippen LogP contribution in [0.25, 0.3) is 0 Å². The first-order chi connectivity index (χ1) is 11.1. The van der Waals surface area contributed by atoms with Crippen molar-refractivity contribution >= 4 is 23.5 Å². The zero-order chi connectivity index (χ0) is 16.7. The van der Waals surface area contributed by atoms with E-state index in [0.717, 1.165) is 19.0 Å². The molecule has 1 saturated heterocycles. The van der Waals surface area contributed by atoms with E-state index in [1.54, 1.807) is 25.2 Å². The zero-order valence-corrected chi connectivity index (χ0v) is 14.6. The molecular formula is C17H25ClN4O. The number of benzene rings is 1. The summed E-state index contributed by atoms with van der Waals surface area (Å²) in [7, 11) is 1.80. The Morgan fingerprint density at radius 3 is 2.78 bits per heavy atom. The molecule has 1 atom stereocenters. The Kier molecular flexibility index (Phi) is 6.71. The number of nitrogens with zero attached hydrogens (tertiary/aromatic N) is 2. The highest BCUT2D eigenvalue weighted by Crippen LogP contribution is 2.15. The summed E-state index contributed by atoms with van der Waals surface area (Å²) in [6.45, 7) is 5.49. The number of carbonyl (C=O) groups is 1. The Morgan fingerprint density at radius 1 is 1.35 bits per heavy atom. The van der Waals surface area contributed by atoms with Crippen molar-refractivity contribution in [2.45, 2.75) is 19.8 Å². The standard InChI is InChI=1S/C17H25ClN4O/c1-13-6-5-11-22(12-13)17(19-2)21-10-9-20-16(23)14-7-3-4-8-15(14)18/h3-4,7-8,13H,5-6,9-12H2,1-2H3,(H,19,21)(H,20,23). The lowest BCUT2D eigenvalue weighted by molar-refractivity contribution is 0.0954. The molecule has 0 aliphatic carbocycles. The van der Waals surface area contributed by atoms with Crippen LogP contribution in [0.3, 0.4) is 0 Å². The molecule has 1 fully saturated rings. The Labute approximate surface area is 143 Å². The Balaban J connectivity index is 1.76. The quantitative estimate of drug-likeness (QED) is 0.504. The van der Waals surface area contributed by atoms with Crippen LogP contribution >= 0.6 is 11.6 Å². The van der Waals surface area contributed by atoms with Gasteiger partial charge in [0.15, 0.2) is 5.96 Å². The van der Waals surface area contributed by atoms with Gasteiger partial charge in [-0.25, -0.2) is 0 Å². The van der Waals surface area contributed by atoms with Crippen molar-refractivity contribution in [3.05, 3.63) is 34.9 Å². The maximum absolute atomic E-state index is 12.1. The average Bonchev–Trinajstić information content (AvgIpc) is 2.55. The maximum Gasteiger partial charge on any atom is 0.252 e. The highest BCUT2D eigenvalue weighted by Gasteiger charge is 2.18. The zero-order valence-electron chi connectivity index (χ0n) is 13.8. The third-order valence-corrected chi connectivity index (χ3v) is 4.31. The van der Waals surface area contributed by atoms with Crippen molar-refractivity contribution in [3.63, 3.8) is 0 Å². The minimum absolute atomic E-state index is 0.154. The van der Waals surface area contributed by atoms with Crippen LogP contribution in [0, 0.1) is 5.92 Å². The fourth-order valence-electron chi connectivity index (χ4n) is 2.80. The molecule has 1 aliphatic rings. The summed E-state index contributed by atoms with van der Waals surface area (Å²) in [5.41, 5.74) is 0.503. The van der Waals surface area contributed by atoms with E-state index in [1.165, 1.54) is 12.8 Å². The second kappa shape index (κ2) is 8.77. The van der Waals surface area contributed by atoms with Gasteiger partial charge in [-0.1, -0.05) is 30.7 Å². The van der Waals surface area contributed by atoms with E-state index in [9.17, 15) is 4.79 Å². The highest BCUT2D eigenvalue weighted by atomic mass is 35.5. The second-order valence-electron chi connectivity index (χ2n) is 5.90. The first-order valence-electron chi connectivity index (χ1n) is 8.10. The Hall–Kier alpha value is -1.75. The predicted molar refractivity (Wildman–Crippen MR) is 95.1 cm³/mol. The summed E-state index contributed by atoms with van der Waals surface area (Å²) in [6.07, 6.45) is 2.48. The average molecular weight is 337 g/mol. The first-order valence-corrected chi connectivity index (χ1v) is 8.48. The minimum Gasteiger partial charge on any atom is -0.354 e. The van der Waals surface area contributed by atoms with Gasteiger partial charge in [-0.15, -0.1) is 0 Å². The van der Waals surface area contributed by atoms with Gasteiger partial charge < -0.3 is 15.5 Å². The summed E-state index contributed by atoms with van der Waals surface area (Å²) in [4.78, 5) is 18.7. The van der Waals surface area contributed by atoms with Crippen molar-refractivity contribution in [3.8, 4) is 0 Å². The van der Waals surface area contributed by atoms with Crippen molar-refractivity contribution < 1.29 is 4.79 Å². The molecule has 1 heterocycles. The number of nitrogens with one attached hydrogen (secondary N) is 2. The monoisotopic (exact) mass is 336 g/mol. The van der Waals surface area contributed by atoms with E-state index in [0.29, 0.717) is 29.6 Å². The molecule has 0 bridgehead atoms. The van der Waals surface area contributed by atoms with Crippen LogP contribution < -0.4 is 10.6 Å². The smallest absolute Gasteiger partial charge is 0.252 e. The van der Waals surface area contributed by atoms with Gasteiger partial charge in [-0.05, 0) is 30.9 Å². The number of halogens is 1. The molecule has 0 spiro atoms. The van der Waals surface area contributed by atoms with Crippen molar-refractivity contribution in [2.24, 2.45) is 10.9 Å². The lowest BCUT2D eigenvalue weighted by Crippen LogP contribution is -2.47. The fourth-order valence-corrected chi connectivity index (χ4v) is 3.03. The molecule has 126 valence electrons. The molecule has 6 heteroatoms. The van der Waals surface area contributed by atoms with Gasteiger partial charge in [0.05, 0.1) is 10.6 Å². The van der Waals surface area contributed by atoms with Crippen LogP contribution in [-0.4, -0.2) is 50.0 Å². The molecule has 0 saturated carbocycles. The number of guanidine groups is 1. The largest absolute Gasteiger partial charge is 0.354 e. The first kappa shape index (κ1) is 17.6. The topological polar surface area (TPSA) is 56.7 Å². The van der Waals surface area contributed by atoms with Crippen LogP contribution in [0.4, 0.5) is 0 Å². The van der Waals surface area contributed by atoms with E-state index < -0.39 is 0 Å². The van der Waals surface area contributed by atoms with Gasteiger partial charge in [-0.2, -0.15) is 0 Å². The van der Waals surface area contributed by atoms with Crippen LogP contribution in [0.2, 0.25) is 5.02 Å². The molecule has 1 aromatic rings. The molecule has 0 aromatic heterocycles. The van der Waals surface area contributed by atoms with E-state index in [4.69, 9.17) is 11.6 Å². The van der Waals surface area contributed by atoms with Crippen LogP contribution in [0.1, 0.15) is 30.1 Å². The summed E-state index contributed by atoms with van der Waals surface area (Å²) in [6, 6.07) is 7.05. The van der Waals surface area contributed by atoms with Crippen LogP contribution in [0.5, 0.6) is 0 Å². The molecule has 2 N–H and O–H groups in total. The van der Waals surface area contributed by atoms with Gasteiger partial charge >= 0.3 is 0 Å². The van der Waals surface area contributed by atoms with E-state index >= 15 is 0 Å². The number of amides is 1. The fraction of sp³-hybridized carbons (Fsp3) is 0.529. The maximum atomic E-state index is 12.1. The predicted octanol–water partition coefficient (Wildman–Crippen LogP) is 2.38. The van der Waals surface area contributed by atoms with E-state index in [2.05, 4.69) is 27.4 Å². The lowest BCUT2D eigenvalue weighted by Gasteiger charge is -2.33. The van der Waals surface area contributed by atoms with Crippen molar-refractivity contribution in [2.75, 3.05) is 33.2 Å². The van der Waals surface area contributed by atoms with Crippen LogP contribution in [-0.2, 0) is 0 Å². The minimum atomic E-state index is -0.154. The number of piperidine rings is 1. The summed E-state index contributed by atoms with van der Waals surface area (Å²) in [5.74, 6) is 1.45. The molecule has 0 radical (unpaired) electrons. The molecule has 2 rings (SSSR count). The summed E-state index contributed by atoms with van der Waals surface area (Å²) in [5, 5.41) is 6.65. The highest BCUT2D eigenvalue weighted by molar-refractivity contribution is 6.33. The number of carbonyl (C=O) groups excluding carboxylic acids is 1. The van der Waals surface area contributed by atoms with Gasteiger partial charge in [-0.3, -0.25) is 9.79 Å². The molecule has 1 aromatic carbocycles. The van der Waals surface area contributed by atoms with Gasteiger partial charge in [0.2, 0.25) is 0 Å². The van der Waals surface area contributed by atoms with Gasteiger partial charge in [0.1, 0.15) is 0 Å². The van der Waals surface area contributed by atoms with Gasteiger partial charge in [0.25, 0.3) is 5.91 Å². The third kappa shape index (κ3) is 5.13. The van der Waals surface area contributed by atoms with E-state index in [1.807, 2.05) is 6.07 Å².